The van der Waals surface area contributed by atoms with Gasteiger partial charge in [-0.05, 0) is 41.3 Å². The molecule has 1 aromatic heterocycles. The summed E-state index contributed by atoms with van der Waals surface area (Å²) in [6.07, 6.45) is 0. The summed E-state index contributed by atoms with van der Waals surface area (Å²) < 4.78 is 11.0. The molecule has 0 unspecified atom stereocenters. The second-order valence-electron chi connectivity index (χ2n) is 8.20. The largest absolute Gasteiger partial charge is 0.484 e. The molecule has 0 bridgehead atoms. The summed E-state index contributed by atoms with van der Waals surface area (Å²) >= 11 is 1.32. The molecule has 0 atom stereocenters. The van der Waals surface area contributed by atoms with Crippen LogP contribution in [0.4, 0.5) is 10.8 Å². The molecule has 8 heteroatoms. The molecule has 0 saturated carbocycles. The first-order chi connectivity index (χ1) is 14.8. The van der Waals surface area contributed by atoms with Crippen LogP contribution in [0, 0.1) is 0 Å². The molecular formula is C23H23N3O4S. The molecule has 160 valence electrons. The highest BCUT2D eigenvalue weighted by Crippen LogP contribution is 2.33. The zero-order valence-corrected chi connectivity index (χ0v) is 18.3. The maximum Gasteiger partial charge on any atom is 0.264 e. The molecule has 1 aliphatic heterocycles. The summed E-state index contributed by atoms with van der Waals surface area (Å²) in [7, 11) is 0. The highest BCUT2D eigenvalue weighted by atomic mass is 32.1. The third kappa shape index (κ3) is 5.03. The monoisotopic (exact) mass is 437 g/mol. The predicted molar refractivity (Wildman–Crippen MR) is 121 cm³/mol. The van der Waals surface area contributed by atoms with E-state index in [4.69, 9.17) is 9.47 Å². The standard InChI is InChI=1S/C23H23N3O4S/c1-23(2,3)15-5-4-6-16(10-15)29-11-21(28)26-22-25-18(13-31-22)14-7-8-19-17(9-14)24-20(27)12-30-19/h4-10,13H,11-12H2,1-3H3,(H,24,27)(H,25,26,28). The Labute approximate surface area is 184 Å². The lowest BCUT2D eigenvalue weighted by Crippen LogP contribution is -2.25. The maximum absolute atomic E-state index is 12.3. The fraction of sp³-hybridized carbons (Fsp3) is 0.261. The second kappa shape index (κ2) is 8.39. The molecule has 4 rings (SSSR count). The third-order valence-corrected chi connectivity index (χ3v) is 5.49. The number of nitrogens with zero attached hydrogens (tertiary/aromatic N) is 1. The number of anilines is 2. The third-order valence-electron chi connectivity index (χ3n) is 4.73. The van der Waals surface area contributed by atoms with E-state index >= 15 is 0 Å². The lowest BCUT2D eigenvalue weighted by atomic mass is 9.87. The number of carbonyl (C=O) groups is 2. The molecule has 2 aromatic carbocycles. The van der Waals surface area contributed by atoms with Crippen LogP contribution in [0.5, 0.6) is 11.5 Å². The van der Waals surface area contributed by atoms with Gasteiger partial charge >= 0.3 is 0 Å². The van der Waals surface area contributed by atoms with Gasteiger partial charge in [-0.2, -0.15) is 0 Å². The number of carbonyl (C=O) groups excluding carboxylic acids is 2. The number of aromatic nitrogens is 1. The van der Waals surface area contributed by atoms with Crippen LogP contribution in [0.15, 0.2) is 47.8 Å². The quantitative estimate of drug-likeness (QED) is 0.615. The Bertz CT molecular complexity index is 1130. The summed E-state index contributed by atoms with van der Waals surface area (Å²) in [6, 6.07) is 13.2. The van der Waals surface area contributed by atoms with Crippen molar-refractivity contribution in [3.8, 4) is 22.8 Å². The Morgan fingerprint density at radius 3 is 2.90 bits per heavy atom. The van der Waals surface area contributed by atoms with Crippen molar-refractivity contribution in [3.63, 3.8) is 0 Å². The fourth-order valence-corrected chi connectivity index (χ4v) is 3.80. The number of rotatable bonds is 5. The summed E-state index contributed by atoms with van der Waals surface area (Å²) in [5.41, 5.74) is 3.27. The Kier molecular flexibility index (Phi) is 5.65. The van der Waals surface area contributed by atoms with Crippen molar-refractivity contribution in [1.29, 1.82) is 0 Å². The number of fused-ring (bicyclic) bond motifs is 1. The lowest BCUT2D eigenvalue weighted by Gasteiger charge is -2.19. The summed E-state index contributed by atoms with van der Waals surface area (Å²) in [5, 5.41) is 7.87. The van der Waals surface area contributed by atoms with Crippen molar-refractivity contribution < 1.29 is 19.1 Å². The maximum atomic E-state index is 12.3. The highest BCUT2D eigenvalue weighted by molar-refractivity contribution is 7.14. The van der Waals surface area contributed by atoms with Gasteiger partial charge in [0, 0.05) is 10.9 Å². The first-order valence-electron chi connectivity index (χ1n) is 9.84. The SMILES string of the molecule is CC(C)(C)c1cccc(OCC(=O)Nc2nc(-c3ccc4c(c3)NC(=O)CO4)cs2)c1. The van der Waals surface area contributed by atoms with E-state index in [1.807, 2.05) is 35.7 Å². The van der Waals surface area contributed by atoms with E-state index in [0.29, 0.717) is 28.0 Å². The molecule has 0 fully saturated rings. The molecule has 3 aromatic rings. The molecule has 7 nitrogen and oxygen atoms in total. The smallest absolute Gasteiger partial charge is 0.264 e. The lowest BCUT2D eigenvalue weighted by molar-refractivity contribution is -0.119. The highest BCUT2D eigenvalue weighted by Gasteiger charge is 2.18. The number of ether oxygens (including phenoxy) is 2. The normalized spacial score (nSPS) is 13.1. The zero-order valence-electron chi connectivity index (χ0n) is 17.5. The Hall–Kier alpha value is -3.39. The predicted octanol–water partition coefficient (Wildman–Crippen LogP) is 4.46. The summed E-state index contributed by atoms with van der Waals surface area (Å²) in [6.45, 7) is 6.29. The minimum Gasteiger partial charge on any atom is -0.484 e. The van der Waals surface area contributed by atoms with Crippen LogP contribution in [0.3, 0.4) is 0 Å². The van der Waals surface area contributed by atoms with Crippen molar-refractivity contribution in [1.82, 2.24) is 4.98 Å². The van der Waals surface area contributed by atoms with Crippen LogP contribution in [-0.2, 0) is 15.0 Å². The van der Waals surface area contributed by atoms with Gasteiger partial charge in [0.25, 0.3) is 11.8 Å². The van der Waals surface area contributed by atoms with Gasteiger partial charge < -0.3 is 14.8 Å². The molecule has 1 aliphatic rings. The minimum absolute atomic E-state index is 0.00450. The Morgan fingerprint density at radius 1 is 1.26 bits per heavy atom. The van der Waals surface area contributed by atoms with E-state index in [9.17, 15) is 9.59 Å². The van der Waals surface area contributed by atoms with Gasteiger partial charge in [-0.1, -0.05) is 32.9 Å². The Balaban J connectivity index is 1.38. The van der Waals surface area contributed by atoms with Crippen LogP contribution in [-0.4, -0.2) is 30.0 Å². The van der Waals surface area contributed by atoms with Crippen LogP contribution < -0.4 is 20.1 Å². The van der Waals surface area contributed by atoms with Crippen molar-refractivity contribution >= 4 is 34.0 Å². The molecule has 2 N–H and O–H groups in total. The molecule has 0 aliphatic carbocycles. The first kappa shape index (κ1) is 20.9. The van der Waals surface area contributed by atoms with Crippen molar-refractivity contribution in [2.75, 3.05) is 23.8 Å². The molecular weight excluding hydrogens is 414 g/mol. The van der Waals surface area contributed by atoms with Crippen molar-refractivity contribution in [2.24, 2.45) is 0 Å². The van der Waals surface area contributed by atoms with Crippen LogP contribution >= 0.6 is 11.3 Å². The van der Waals surface area contributed by atoms with Gasteiger partial charge in [-0.3, -0.25) is 14.9 Å². The van der Waals surface area contributed by atoms with Gasteiger partial charge in [0.05, 0.1) is 11.4 Å². The van der Waals surface area contributed by atoms with E-state index < -0.39 is 0 Å². The van der Waals surface area contributed by atoms with Crippen LogP contribution in [0.1, 0.15) is 26.3 Å². The fourth-order valence-electron chi connectivity index (χ4n) is 3.06. The van der Waals surface area contributed by atoms with E-state index in [1.165, 1.54) is 11.3 Å². The van der Waals surface area contributed by atoms with Gasteiger partial charge in [0.2, 0.25) is 0 Å². The van der Waals surface area contributed by atoms with E-state index in [2.05, 4.69) is 36.4 Å². The number of benzene rings is 2. The van der Waals surface area contributed by atoms with Gasteiger partial charge in [-0.15, -0.1) is 11.3 Å². The average molecular weight is 438 g/mol. The molecule has 0 spiro atoms. The summed E-state index contributed by atoms with van der Waals surface area (Å²) in [5.74, 6) is 0.803. The number of hydrogen-bond acceptors (Lipinski definition) is 6. The van der Waals surface area contributed by atoms with Crippen molar-refractivity contribution in [2.45, 2.75) is 26.2 Å². The first-order valence-corrected chi connectivity index (χ1v) is 10.7. The molecule has 31 heavy (non-hydrogen) atoms. The van der Waals surface area contributed by atoms with Crippen molar-refractivity contribution in [3.05, 3.63) is 53.4 Å². The average Bonchev–Trinajstić information content (AvgIpc) is 3.19. The molecule has 0 saturated heterocycles. The van der Waals surface area contributed by atoms with Crippen LogP contribution in [0.25, 0.3) is 11.3 Å². The van der Waals surface area contributed by atoms with Gasteiger partial charge in [0.15, 0.2) is 18.3 Å². The number of thiazole rings is 1. The molecule has 2 amide bonds. The second-order valence-corrected chi connectivity index (χ2v) is 9.06. The van der Waals surface area contributed by atoms with E-state index in [0.717, 1.165) is 11.1 Å². The van der Waals surface area contributed by atoms with E-state index in [1.54, 1.807) is 12.1 Å². The Morgan fingerprint density at radius 2 is 2.10 bits per heavy atom. The summed E-state index contributed by atoms with van der Waals surface area (Å²) in [4.78, 5) is 28.3. The van der Waals surface area contributed by atoms with E-state index in [-0.39, 0.29) is 30.4 Å². The molecule has 2 heterocycles. The minimum atomic E-state index is -0.284. The van der Waals surface area contributed by atoms with Crippen LogP contribution in [0.2, 0.25) is 0 Å². The van der Waals surface area contributed by atoms with Gasteiger partial charge in [-0.25, -0.2) is 4.98 Å². The number of amides is 2. The molecule has 0 radical (unpaired) electrons. The number of hydrogen-bond donors (Lipinski definition) is 2. The number of nitrogens with one attached hydrogen (secondary N) is 2. The topological polar surface area (TPSA) is 89.5 Å². The van der Waals surface area contributed by atoms with Gasteiger partial charge in [0.1, 0.15) is 11.5 Å². The zero-order chi connectivity index (χ0) is 22.0.